The standard InChI is InChI=1S/C15H18N4O4S/c1-19(9-14(21)16-8-13(20)17-10-6-7-10)15-11-4-2-3-5-12(11)24(22,23)18-15/h2-5,10H,6-9H2,1H3,(H,16,21)(H,17,20). The molecule has 0 unspecified atom stereocenters. The fourth-order valence-corrected chi connectivity index (χ4v) is 3.65. The van der Waals surface area contributed by atoms with E-state index in [4.69, 9.17) is 0 Å². The molecule has 3 rings (SSSR count). The van der Waals surface area contributed by atoms with E-state index in [0.29, 0.717) is 5.56 Å². The Morgan fingerprint density at radius 3 is 2.67 bits per heavy atom. The first kappa shape index (κ1) is 16.4. The highest BCUT2D eigenvalue weighted by atomic mass is 32.2. The van der Waals surface area contributed by atoms with Gasteiger partial charge in [0.25, 0.3) is 10.0 Å². The Bertz CT molecular complexity index is 815. The summed E-state index contributed by atoms with van der Waals surface area (Å²) in [6.07, 6.45) is 1.96. The van der Waals surface area contributed by atoms with Crippen molar-refractivity contribution in [3.05, 3.63) is 29.8 Å². The zero-order valence-electron chi connectivity index (χ0n) is 13.2. The number of rotatable bonds is 5. The fourth-order valence-electron chi connectivity index (χ4n) is 2.40. The second kappa shape index (κ2) is 6.23. The molecule has 128 valence electrons. The van der Waals surface area contributed by atoms with Crippen molar-refractivity contribution in [3.8, 4) is 0 Å². The minimum Gasteiger partial charge on any atom is -0.352 e. The monoisotopic (exact) mass is 350 g/mol. The van der Waals surface area contributed by atoms with Gasteiger partial charge in [0.1, 0.15) is 4.90 Å². The van der Waals surface area contributed by atoms with E-state index in [1.807, 2.05) is 0 Å². The summed E-state index contributed by atoms with van der Waals surface area (Å²) in [5.41, 5.74) is 0.472. The second-order valence-corrected chi connectivity index (χ2v) is 7.43. The van der Waals surface area contributed by atoms with Gasteiger partial charge in [-0.25, -0.2) is 0 Å². The second-order valence-electron chi connectivity index (χ2n) is 5.86. The maximum Gasteiger partial charge on any atom is 0.285 e. The van der Waals surface area contributed by atoms with E-state index in [1.165, 1.54) is 11.0 Å². The zero-order chi connectivity index (χ0) is 17.3. The number of likely N-dealkylation sites (N-methyl/N-ethyl adjacent to an activating group) is 1. The smallest absolute Gasteiger partial charge is 0.285 e. The van der Waals surface area contributed by atoms with Crippen LogP contribution in [0.5, 0.6) is 0 Å². The molecule has 0 aromatic heterocycles. The Balaban J connectivity index is 1.59. The number of amides is 2. The van der Waals surface area contributed by atoms with E-state index in [1.54, 1.807) is 25.2 Å². The summed E-state index contributed by atoms with van der Waals surface area (Å²) in [4.78, 5) is 25.1. The van der Waals surface area contributed by atoms with Gasteiger partial charge in [-0.15, -0.1) is 4.40 Å². The van der Waals surface area contributed by atoms with Crippen molar-refractivity contribution in [2.24, 2.45) is 4.40 Å². The van der Waals surface area contributed by atoms with E-state index >= 15 is 0 Å². The number of amidine groups is 1. The maximum absolute atomic E-state index is 12.0. The molecule has 1 aromatic carbocycles. The number of nitrogens with one attached hydrogen (secondary N) is 2. The molecule has 0 bridgehead atoms. The van der Waals surface area contributed by atoms with Gasteiger partial charge in [0.15, 0.2) is 5.84 Å². The van der Waals surface area contributed by atoms with Crippen LogP contribution >= 0.6 is 0 Å². The highest BCUT2D eigenvalue weighted by molar-refractivity contribution is 7.90. The predicted octanol–water partition coefficient (Wildman–Crippen LogP) is -0.538. The van der Waals surface area contributed by atoms with Gasteiger partial charge in [-0.05, 0) is 25.0 Å². The Morgan fingerprint density at radius 1 is 1.25 bits per heavy atom. The summed E-state index contributed by atoms with van der Waals surface area (Å²) >= 11 is 0. The Kier molecular flexibility index (Phi) is 4.27. The van der Waals surface area contributed by atoms with Crippen molar-refractivity contribution in [2.75, 3.05) is 20.1 Å². The molecule has 1 saturated carbocycles. The van der Waals surface area contributed by atoms with Gasteiger partial charge in [-0.1, -0.05) is 12.1 Å². The topological polar surface area (TPSA) is 108 Å². The molecule has 1 aromatic rings. The van der Waals surface area contributed by atoms with Crippen molar-refractivity contribution in [1.29, 1.82) is 0 Å². The summed E-state index contributed by atoms with van der Waals surface area (Å²) in [5.74, 6) is -0.379. The van der Waals surface area contributed by atoms with Crippen LogP contribution in [-0.2, 0) is 19.6 Å². The van der Waals surface area contributed by atoms with Gasteiger partial charge in [-0.3, -0.25) is 9.59 Å². The summed E-state index contributed by atoms with van der Waals surface area (Å²) in [7, 11) is -2.13. The van der Waals surface area contributed by atoms with Gasteiger partial charge in [0.05, 0.1) is 13.1 Å². The minimum absolute atomic E-state index is 0.0927. The van der Waals surface area contributed by atoms with Gasteiger partial charge in [-0.2, -0.15) is 8.42 Å². The number of carbonyl (C=O) groups excluding carboxylic acids is 2. The van der Waals surface area contributed by atoms with Crippen molar-refractivity contribution >= 4 is 27.7 Å². The predicted molar refractivity (Wildman–Crippen MR) is 87.0 cm³/mol. The number of carbonyl (C=O) groups is 2. The number of nitrogens with zero attached hydrogens (tertiary/aromatic N) is 2. The number of fused-ring (bicyclic) bond motifs is 1. The number of sulfonamides is 1. The highest BCUT2D eigenvalue weighted by Gasteiger charge is 2.31. The molecule has 0 radical (unpaired) electrons. The molecular formula is C15H18N4O4S. The highest BCUT2D eigenvalue weighted by Crippen LogP contribution is 2.26. The van der Waals surface area contributed by atoms with Crippen LogP contribution < -0.4 is 10.6 Å². The van der Waals surface area contributed by atoms with E-state index in [2.05, 4.69) is 15.0 Å². The molecule has 24 heavy (non-hydrogen) atoms. The third-order valence-electron chi connectivity index (χ3n) is 3.74. The molecule has 1 heterocycles. The largest absolute Gasteiger partial charge is 0.352 e. The maximum atomic E-state index is 12.0. The Morgan fingerprint density at radius 2 is 1.96 bits per heavy atom. The first-order valence-electron chi connectivity index (χ1n) is 7.58. The lowest BCUT2D eigenvalue weighted by Gasteiger charge is -2.18. The lowest BCUT2D eigenvalue weighted by atomic mass is 10.2. The van der Waals surface area contributed by atoms with E-state index < -0.39 is 10.0 Å². The quantitative estimate of drug-likeness (QED) is 0.742. The number of hydrogen-bond donors (Lipinski definition) is 2. The van der Waals surface area contributed by atoms with Crippen LogP contribution in [-0.4, -0.2) is 57.1 Å². The van der Waals surface area contributed by atoms with Crippen molar-refractivity contribution in [3.63, 3.8) is 0 Å². The van der Waals surface area contributed by atoms with Crippen molar-refractivity contribution in [2.45, 2.75) is 23.8 Å². The molecule has 1 fully saturated rings. The van der Waals surface area contributed by atoms with Crippen LogP contribution in [0.4, 0.5) is 0 Å². The van der Waals surface area contributed by atoms with Crippen LogP contribution in [0.2, 0.25) is 0 Å². The average Bonchev–Trinajstić information content (AvgIpc) is 3.29. The van der Waals surface area contributed by atoms with E-state index in [0.717, 1.165) is 12.8 Å². The van der Waals surface area contributed by atoms with Crippen LogP contribution in [0.1, 0.15) is 18.4 Å². The van der Waals surface area contributed by atoms with E-state index in [9.17, 15) is 18.0 Å². The molecular weight excluding hydrogens is 332 g/mol. The zero-order valence-corrected chi connectivity index (χ0v) is 14.0. The normalized spacial score (nSPS) is 17.6. The Hall–Kier alpha value is -2.42. The fraction of sp³-hybridized carbons (Fsp3) is 0.400. The van der Waals surface area contributed by atoms with Crippen molar-refractivity contribution < 1.29 is 18.0 Å². The van der Waals surface area contributed by atoms with Crippen LogP contribution in [0, 0.1) is 0 Å². The summed E-state index contributed by atoms with van der Waals surface area (Å²) < 4.78 is 27.8. The third kappa shape index (κ3) is 3.56. The van der Waals surface area contributed by atoms with Gasteiger partial charge in [0, 0.05) is 18.7 Å². The van der Waals surface area contributed by atoms with Crippen LogP contribution in [0.3, 0.4) is 0 Å². The lowest BCUT2D eigenvalue weighted by Crippen LogP contribution is -2.43. The third-order valence-corrected chi connectivity index (χ3v) is 5.07. The molecule has 0 saturated heterocycles. The van der Waals surface area contributed by atoms with Gasteiger partial charge < -0.3 is 15.5 Å². The minimum atomic E-state index is -3.72. The molecule has 8 nitrogen and oxygen atoms in total. The molecule has 2 aliphatic rings. The number of hydrogen-bond acceptors (Lipinski definition) is 5. The summed E-state index contributed by atoms with van der Waals surface area (Å²) in [5, 5.41) is 5.29. The molecule has 2 amide bonds. The van der Waals surface area contributed by atoms with Crippen LogP contribution in [0.15, 0.2) is 33.6 Å². The summed E-state index contributed by atoms with van der Waals surface area (Å²) in [6, 6.07) is 6.71. The SMILES string of the molecule is CN(CC(=O)NCC(=O)NC1CC1)C1=NS(=O)(=O)c2ccccc21. The van der Waals surface area contributed by atoms with Gasteiger partial charge >= 0.3 is 0 Å². The van der Waals surface area contributed by atoms with Gasteiger partial charge in [0.2, 0.25) is 11.8 Å². The van der Waals surface area contributed by atoms with Crippen LogP contribution in [0.25, 0.3) is 0 Å². The molecule has 1 aliphatic heterocycles. The number of benzene rings is 1. The summed E-state index contributed by atoms with van der Waals surface area (Å²) in [6.45, 7) is -0.191. The first-order valence-corrected chi connectivity index (χ1v) is 9.02. The van der Waals surface area contributed by atoms with Crippen molar-refractivity contribution in [1.82, 2.24) is 15.5 Å². The average molecular weight is 350 g/mol. The molecule has 0 spiro atoms. The lowest BCUT2D eigenvalue weighted by molar-refractivity contribution is -0.126. The first-order chi connectivity index (χ1) is 11.4. The molecule has 9 heteroatoms. The molecule has 2 N–H and O–H groups in total. The molecule has 0 atom stereocenters. The molecule has 1 aliphatic carbocycles. The Labute approximate surface area is 140 Å². The van der Waals surface area contributed by atoms with E-state index in [-0.39, 0.29) is 41.7 Å².